The number of hydrogen-bond acceptors (Lipinski definition) is 6. The number of nitrogens with zero attached hydrogens (tertiary/aromatic N) is 2. The van der Waals surface area contributed by atoms with Crippen molar-refractivity contribution in [2.75, 3.05) is 11.1 Å². The van der Waals surface area contributed by atoms with E-state index in [1.165, 1.54) is 23.5 Å². The van der Waals surface area contributed by atoms with Gasteiger partial charge in [-0.05, 0) is 13.0 Å². The number of aromatic nitrogens is 2. The van der Waals surface area contributed by atoms with E-state index in [-0.39, 0.29) is 17.6 Å². The molecule has 0 saturated heterocycles. The number of nitrogen functional groups attached to an aromatic ring is 1. The van der Waals surface area contributed by atoms with Crippen molar-refractivity contribution in [3.8, 4) is 0 Å². The Morgan fingerprint density at radius 2 is 2.33 bits per heavy atom. The molecule has 0 saturated carbocycles. The van der Waals surface area contributed by atoms with Crippen LogP contribution in [0.4, 0.5) is 11.0 Å². The van der Waals surface area contributed by atoms with E-state index in [1.54, 1.807) is 6.92 Å². The van der Waals surface area contributed by atoms with Crippen LogP contribution >= 0.6 is 11.3 Å². The minimum absolute atomic E-state index is 0.153. The highest BCUT2D eigenvalue weighted by Crippen LogP contribution is 2.16. The number of rotatable bonds is 2. The summed E-state index contributed by atoms with van der Waals surface area (Å²) < 4.78 is 4.95. The highest BCUT2D eigenvalue weighted by atomic mass is 32.1. The Balaban J connectivity index is 2.10. The Morgan fingerprint density at radius 1 is 1.53 bits per heavy atom. The van der Waals surface area contributed by atoms with Gasteiger partial charge in [-0.3, -0.25) is 10.1 Å². The number of aryl methyl sites for hydroxylation is 1. The van der Waals surface area contributed by atoms with E-state index < -0.39 is 0 Å². The Kier molecular flexibility index (Phi) is 2.38. The Labute approximate surface area is 89.1 Å². The van der Waals surface area contributed by atoms with Gasteiger partial charge in [0.25, 0.3) is 5.91 Å². The highest BCUT2D eigenvalue weighted by molar-refractivity contribution is 7.15. The molecule has 2 heterocycles. The van der Waals surface area contributed by atoms with E-state index in [0.29, 0.717) is 5.13 Å². The number of anilines is 2. The molecule has 1 amide bonds. The predicted molar refractivity (Wildman–Crippen MR) is 55.7 cm³/mol. The maximum absolute atomic E-state index is 11.5. The molecule has 0 radical (unpaired) electrons. The van der Waals surface area contributed by atoms with Gasteiger partial charge in [-0.1, -0.05) is 11.3 Å². The molecule has 0 aromatic carbocycles. The van der Waals surface area contributed by atoms with Crippen molar-refractivity contribution in [3.63, 3.8) is 0 Å². The fraction of sp³-hybridized carbons (Fsp3) is 0.125. The van der Waals surface area contributed by atoms with Gasteiger partial charge >= 0.3 is 0 Å². The van der Waals surface area contributed by atoms with E-state index in [0.717, 1.165) is 5.01 Å². The van der Waals surface area contributed by atoms with Crippen LogP contribution in [0.1, 0.15) is 15.6 Å². The fourth-order valence-corrected chi connectivity index (χ4v) is 1.57. The number of amides is 1. The first-order valence-corrected chi connectivity index (χ1v) is 4.93. The molecule has 2 aromatic rings. The Hall–Kier alpha value is -1.89. The molecule has 0 aliphatic heterocycles. The lowest BCUT2D eigenvalue weighted by Gasteiger charge is -1.95. The molecule has 15 heavy (non-hydrogen) atoms. The van der Waals surface area contributed by atoms with Crippen LogP contribution in [0.25, 0.3) is 0 Å². The highest BCUT2D eigenvalue weighted by Gasteiger charge is 2.12. The van der Waals surface area contributed by atoms with Crippen molar-refractivity contribution >= 4 is 28.3 Å². The second-order valence-electron chi connectivity index (χ2n) is 2.78. The summed E-state index contributed by atoms with van der Waals surface area (Å²) in [7, 11) is 0. The first-order chi connectivity index (χ1) is 7.15. The van der Waals surface area contributed by atoms with Crippen molar-refractivity contribution in [1.29, 1.82) is 0 Å². The summed E-state index contributed by atoms with van der Waals surface area (Å²) in [5.41, 5.74) is 5.34. The summed E-state index contributed by atoms with van der Waals surface area (Å²) in [5.74, 6) is -0.0307. The SMILES string of the molecule is Cc1nnc(NC(=O)c2ccc(N)o2)s1. The quantitative estimate of drug-likeness (QED) is 0.801. The number of furan rings is 1. The third-order valence-corrected chi connectivity index (χ3v) is 2.35. The number of nitrogens with one attached hydrogen (secondary N) is 1. The Morgan fingerprint density at radius 3 is 2.87 bits per heavy atom. The van der Waals surface area contributed by atoms with Crippen molar-refractivity contribution in [2.24, 2.45) is 0 Å². The van der Waals surface area contributed by atoms with Crippen LogP contribution in [0, 0.1) is 6.92 Å². The molecule has 0 bridgehead atoms. The van der Waals surface area contributed by atoms with Gasteiger partial charge in [-0.2, -0.15) is 0 Å². The molecule has 0 unspecified atom stereocenters. The van der Waals surface area contributed by atoms with Crippen molar-refractivity contribution in [1.82, 2.24) is 10.2 Å². The first kappa shape index (κ1) is 9.66. The first-order valence-electron chi connectivity index (χ1n) is 4.12. The molecule has 0 spiro atoms. The van der Waals surface area contributed by atoms with Crippen LogP contribution in [0.15, 0.2) is 16.5 Å². The normalized spacial score (nSPS) is 10.2. The molecule has 78 valence electrons. The summed E-state index contributed by atoms with van der Waals surface area (Å²) in [5, 5.41) is 11.3. The molecule has 0 aliphatic rings. The lowest BCUT2D eigenvalue weighted by Crippen LogP contribution is -2.10. The third kappa shape index (κ3) is 2.13. The van der Waals surface area contributed by atoms with Crippen LogP contribution in [0.2, 0.25) is 0 Å². The van der Waals surface area contributed by atoms with Crippen LogP contribution in [-0.2, 0) is 0 Å². The molecule has 2 aromatic heterocycles. The van der Waals surface area contributed by atoms with E-state index >= 15 is 0 Å². The van der Waals surface area contributed by atoms with E-state index in [4.69, 9.17) is 10.2 Å². The van der Waals surface area contributed by atoms with Crippen molar-refractivity contribution in [2.45, 2.75) is 6.92 Å². The van der Waals surface area contributed by atoms with Crippen LogP contribution in [0.5, 0.6) is 0 Å². The van der Waals surface area contributed by atoms with Crippen molar-refractivity contribution in [3.05, 3.63) is 22.9 Å². The van der Waals surface area contributed by atoms with E-state index in [2.05, 4.69) is 15.5 Å². The van der Waals surface area contributed by atoms with E-state index in [1.807, 2.05) is 0 Å². The molecular weight excluding hydrogens is 216 g/mol. The fourth-order valence-electron chi connectivity index (χ4n) is 0.981. The molecule has 6 nitrogen and oxygen atoms in total. The smallest absolute Gasteiger partial charge is 0.293 e. The second-order valence-corrected chi connectivity index (χ2v) is 3.96. The van der Waals surface area contributed by atoms with Gasteiger partial charge in [0.05, 0.1) is 0 Å². The van der Waals surface area contributed by atoms with Crippen molar-refractivity contribution < 1.29 is 9.21 Å². The van der Waals surface area contributed by atoms with Gasteiger partial charge in [0, 0.05) is 6.07 Å². The van der Waals surface area contributed by atoms with Gasteiger partial charge in [0.15, 0.2) is 11.6 Å². The number of nitrogens with two attached hydrogens (primary N) is 1. The average Bonchev–Trinajstić information content (AvgIpc) is 2.75. The lowest BCUT2D eigenvalue weighted by molar-refractivity contribution is 0.0997. The summed E-state index contributed by atoms with van der Waals surface area (Å²) >= 11 is 1.29. The van der Waals surface area contributed by atoms with Gasteiger partial charge in [0.1, 0.15) is 5.01 Å². The predicted octanol–water partition coefficient (Wildman–Crippen LogP) is 1.27. The Bertz CT molecular complexity index is 490. The molecule has 0 aliphatic carbocycles. The third-order valence-electron chi connectivity index (χ3n) is 1.60. The second kappa shape index (κ2) is 3.70. The molecule has 3 N–H and O–H groups in total. The van der Waals surface area contributed by atoms with Crippen LogP contribution in [-0.4, -0.2) is 16.1 Å². The minimum Gasteiger partial charge on any atom is -0.436 e. The molecular formula is C8H8N4O2S. The maximum Gasteiger partial charge on any atom is 0.293 e. The summed E-state index contributed by atoms with van der Waals surface area (Å²) in [4.78, 5) is 11.5. The molecule has 7 heteroatoms. The number of hydrogen-bond donors (Lipinski definition) is 2. The molecule has 0 fully saturated rings. The lowest BCUT2D eigenvalue weighted by atomic mass is 10.4. The maximum atomic E-state index is 11.5. The standard InChI is InChI=1S/C8H8N4O2S/c1-4-11-12-8(15-4)10-7(13)5-2-3-6(9)14-5/h2-3H,9H2,1H3,(H,10,12,13). The summed E-state index contributed by atoms with van der Waals surface area (Å²) in [6.07, 6.45) is 0. The van der Waals surface area contributed by atoms with E-state index in [9.17, 15) is 4.79 Å². The van der Waals surface area contributed by atoms with Gasteiger partial charge in [-0.25, -0.2) is 0 Å². The summed E-state index contributed by atoms with van der Waals surface area (Å²) in [6.45, 7) is 1.80. The number of carbonyl (C=O) groups is 1. The zero-order valence-electron chi connectivity index (χ0n) is 7.85. The topological polar surface area (TPSA) is 94.0 Å². The van der Waals surface area contributed by atoms with Crippen LogP contribution < -0.4 is 11.1 Å². The van der Waals surface area contributed by atoms with Gasteiger partial charge in [-0.15, -0.1) is 10.2 Å². The zero-order valence-corrected chi connectivity index (χ0v) is 8.67. The van der Waals surface area contributed by atoms with Gasteiger partial charge < -0.3 is 10.2 Å². The zero-order chi connectivity index (χ0) is 10.8. The van der Waals surface area contributed by atoms with Crippen LogP contribution in [0.3, 0.4) is 0 Å². The van der Waals surface area contributed by atoms with Gasteiger partial charge in [0.2, 0.25) is 5.13 Å². The monoisotopic (exact) mass is 224 g/mol. The molecule has 2 rings (SSSR count). The average molecular weight is 224 g/mol. The minimum atomic E-state index is -0.386. The molecule has 0 atom stereocenters. The number of carbonyl (C=O) groups excluding carboxylic acids is 1. The largest absolute Gasteiger partial charge is 0.436 e. The summed E-state index contributed by atoms with van der Waals surface area (Å²) in [6, 6.07) is 3.01.